The van der Waals surface area contributed by atoms with Crippen LogP contribution in [0, 0.1) is 12.8 Å². The first-order valence-corrected chi connectivity index (χ1v) is 16.3. The molecule has 0 aromatic heterocycles. The summed E-state index contributed by atoms with van der Waals surface area (Å²) >= 11 is 0. The quantitative estimate of drug-likeness (QED) is 0.113. The standard InChI is InChI=1S/C19H23NO2S.C15H17F3N2O/c1-14-4-3-5-17(12-14)19(20-13-15-6-7-15)16-8-10-18(11-9-16)23(2,21)22;1-2-4-12(15(16,17)18)8-14(10-21)20-13-6-3-5-11(7-13)9-19/h3-5,8-12,15,19-20H,6-7,13H2,1-2H3;3-8,10,20H,2,9,19H2,1H3/b;12-4-,14-8-. The van der Waals surface area contributed by atoms with Crippen molar-refractivity contribution in [2.45, 2.75) is 56.8 Å². The van der Waals surface area contributed by atoms with Crippen LogP contribution in [0.3, 0.4) is 0 Å². The molecule has 10 heteroatoms. The number of benzene rings is 3. The predicted octanol–water partition coefficient (Wildman–Crippen LogP) is 7.03. The fraction of sp³-hybridized carbons (Fsp3) is 0.324. The van der Waals surface area contributed by atoms with Crippen molar-refractivity contribution in [3.8, 4) is 0 Å². The highest BCUT2D eigenvalue weighted by Crippen LogP contribution is 2.31. The maximum atomic E-state index is 12.8. The monoisotopic (exact) mass is 627 g/mol. The van der Waals surface area contributed by atoms with Gasteiger partial charge in [0.25, 0.3) is 0 Å². The molecule has 0 radical (unpaired) electrons. The molecule has 1 unspecified atom stereocenters. The number of nitrogens with two attached hydrogens (primary N) is 1. The van der Waals surface area contributed by atoms with Crippen LogP contribution in [0.4, 0.5) is 18.9 Å². The van der Waals surface area contributed by atoms with Gasteiger partial charge in [-0.3, -0.25) is 4.79 Å². The van der Waals surface area contributed by atoms with Gasteiger partial charge in [0.15, 0.2) is 16.1 Å². The average molecular weight is 628 g/mol. The molecule has 0 heterocycles. The highest BCUT2D eigenvalue weighted by atomic mass is 32.2. The molecule has 1 saturated carbocycles. The lowest BCUT2D eigenvalue weighted by molar-refractivity contribution is -0.104. The van der Waals surface area contributed by atoms with E-state index in [0.29, 0.717) is 23.4 Å². The van der Waals surface area contributed by atoms with Crippen LogP contribution in [0.1, 0.15) is 54.5 Å². The largest absolute Gasteiger partial charge is 0.416 e. The number of carbonyl (C=O) groups excluding carboxylic acids is 1. The van der Waals surface area contributed by atoms with Crippen molar-refractivity contribution in [3.63, 3.8) is 0 Å². The Bertz CT molecular complexity index is 1560. The molecule has 44 heavy (non-hydrogen) atoms. The Kier molecular flexibility index (Phi) is 12.5. The summed E-state index contributed by atoms with van der Waals surface area (Å²) in [7, 11) is -3.15. The molecule has 3 aromatic carbocycles. The number of aryl methyl sites for hydroxylation is 1. The van der Waals surface area contributed by atoms with E-state index in [4.69, 9.17) is 5.73 Å². The highest BCUT2D eigenvalue weighted by molar-refractivity contribution is 7.90. The van der Waals surface area contributed by atoms with Crippen LogP contribution < -0.4 is 16.4 Å². The zero-order valence-corrected chi connectivity index (χ0v) is 26.0. The van der Waals surface area contributed by atoms with Crippen LogP contribution in [0.2, 0.25) is 0 Å². The zero-order chi connectivity index (χ0) is 32.3. The highest BCUT2D eigenvalue weighted by Gasteiger charge is 2.32. The molecule has 0 aliphatic heterocycles. The van der Waals surface area contributed by atoms with Crippen molar-refractivity contribution >= 4 is 21.8 Å². The van der Waals surface area contributed by atoms with Gasteiger partial charge in [-0.2, -0.15) is 13.2 Å². The molecule has 1 aliphatic rings. The van der Waals surface area contributed by atoms with Crippen LogP contribution in [0.5, 0.6) is 0 Å². The van der Waals surface area contributed by atoms with Gasteiger partial charge in [-0.25, -0.2) is 8.42 Å². The first-order chi connectivity index (χ1) is 20.8. The summed E-state index contributed by atoms with van der Waals surface area (Å²) in [6, 6.07) is 22.6. The van der Waals surface area contributed by atoms with Gasteiger partial charge in [-0.05, 0) is 85.7 Å². The van der Waals surface area contributed by atoms with Crippen LogP contribution in [-0.2, 0) is 21.2 Å². The lowest BCUT2D eigenvalue weighted by atomic mass is 9.97. The maximum absolute atomic E-state index is 12.8. The smallest absolute Gasteiger partial charge is 0.353 e. The van der Waals surface area contributed by atoms with Gasteiger partial charge < -0.3 is 16.4 Å². The number of allylic oxidation sites excluding steroid dienone is 4. The first-order valence-electron chi connectivity index (χ1n) is 14.4. The van der Waals surface area contributed by atoms with Gasteiger partial charge in [-0.15, -0.1) is 0 Å². The molecule has 236 valence electrons. The zero-order valence-electron chi connectivity index (χ0n) is 25.2. The minimum atomic E-state index is -4.49. The third-order valence-corrected chi connectivity index (χ3v) is 8.09. The van der Waals surface area contributed by atoms with Gasteiger partial charge in [0, 0.05) is 18.5 Å². The number of carbonyl (C=O) groups is 1. The van der Waals surface area contributed by atoms with Crippen molar-refractivity contribution < 1.29 is 26.4 Å². The molecule has 0 amide bonds. The SMILES string of the molecule is CC/C=C(/C=C(/C=O)Nc1cccc(CN)c1)C(F)(F)F.Cc1cccc(C(NCC2CC2)c2ccc(S(C)(=O)=O)cc2)c1. The lowest BCUT2D eigenvalue weighted by Gasteiger charge is -2.20. The molecule has 3 aromatic rings. The fourth-order valence-electron chi connectivity index (χ4n) is 4.48. The predicted molar refractivity (Wildman–Crippen MR) is 170 cm³/mol. The van der Waals surface area contributed by atoms with E-state index < -0.39 is 21.6 Å². The summed E-state index contributed by atoms with van der Waals surface area (Å²) in [6.07, 6.45) is 1.76. The summed E-state index contributed by atoms with van der Waals surface area (Å²) in [5.74, 6) is 0.789. The summed E-state index contributed by atoms with van der Waals surface area (Å²) < 4.78 is 61.6. The number of halogens is 3. The summed E-state index contributed by atoms with van der Waals surface area (Å²) in [5.41, 5.74) is 9.34. The van der Waals surface area contributed by atoms with Crippen LogP contribution >= 0.6 is 0 Å². The third-order valence-electron chi connectivity index (χ3n) is 6.97. The lowest BCUT2D eigenvalue weighted by Crippen LogP contribution is -2.24. The van der Waals surface area contributed by atoms with E-state index in [9.17, 15) is 26.4 Å². The van der Waals surface area contributed by atoms with Crippen LogP contribution in [0.15, 0.2) is 101 Å². The number of hydrogen-bond donors (Lipinski definition) is 3. The number of nitrogens with one attached hydrogen (secondary N) is 2. The second-order valence-electron chi connectivity index (χ2n) is 10.9. The Morgan fingerprint density at radius 3 is 2.25 bits per heavy atom. The van der Waals surface area contributed by atoms with E-state index in [1.54, 1.807) is 43.3 Å². The van der Waals surface area contributed by atoms with Gasteiger partial charge in [-0.1, -0.05) is 67.1 Å². The third kappa shape index (κ3) is 11.1. The molecule has 0 saturated heterocycles. The Morgan fingerprint density at radius 2 is 1.70 bits per heavy atom. The van der Waals surface area contributed by atoms with Crippen molar-refractivity contribution in [3.05, 3.63) is 118 Å². The minimum absolute atomic E-state index is 0.101. The summed E-state index contributed by atoms with van der Waals surface area (Å²) in [5, 5.41) is 6.31. The molecule has 6 nitrogen and oxygen atoms in total. The normalized spacial score (nSPS) is 14.8. The Balaban J connectivity index is 0.000000242. The van der Waals surface area contributed by atoms with E-state index in [2.05, 4.69) is 41.8 Å². The first kappa shape index (κ1) is 34.8. The van der Waals surface area contributed by atoms with E-state index in [0.717, 1.165) is 35.7 Å². The number of alkyl halides is 3. The molecule has 4 N–H and O–H groups in total. The molecule has 1 atom stereocenters. The van der Waals surface area contributed by atoms with Gasteiger partial charge in [0.1, 0.15) is 0 Å². The number of rotatable bonds is 12. The van der Waals surface area contributed by atoms with E-state index in [1.807, 2.05) is 12.1 Å². The molecule has 4 rings (SSSR count). The topological polar surface area (TPSA) is 101 Å². The molecule has 1 aliphatic carbocycles. The maximum Gasteiger partial charge on any atom is 0.416 e. The van der Waals surface area contributed by atoms with E-state index in [-0.39, 0.29) is 18.2 Å². The average Bonchev–Trinajstić information content (AvgIpc) is 3.81. The van der Waals surface area contributed by atoms with Crippen LogP contribution in [0.25, 0.3) is 0 Å². The van der Waals surface area contributed by atoms with Crippen molar-refractivity contribution in [1.82, 2.24) is 5.32 Å². The van der Waals surface area contributed by atoms with Crippen LogP contribution in [-0.4, -0.2) is 33.7 Å². The second kappa shape index (κ2) is 15.8. The van der Waals surface area contributed by atoms with Gasteiger partial charge in [0.2, 0.25) is 0 Å². The Labute approximate surface area is 258 Å². The molecule has 0 bridgehead atoms. The second-order valence-corrected chi connectivity index (χ2v) is 12.9. The summed E-state index contributed by atoms with van der Waals surface area (Å²) in [4.78, 5) is 11.3. The molecule has 1 fully saturated rings. The van der Waals surface area contributed by atoms with E-state index >= 15 is 0 Å². The number of hydrogen-bond acceptors (Lipinski definition) is 6. The number of sulfone groups is 1. The van der Waals surface area contributed by atoms with E-state index in [1.165, 1.54) is 30.2 Å². The Hall–Kier alpha value is -3.73. The van der Waals surface area contributed by atoms with Crippen molar-refractivity contribution in [2.24, 2.45) is 11.7 Å². The molecular formula is C34H40F3N3O3S. The molecular weight excluding hydrogens is 587 g/mol. The van der Waals surface area contributed by atoms with Gasteiger partial charge in [0.05, 0.1) is 22.2 Å². The van der Waals surface area contributed by atoms with Crippen molar-refractivity contribution in [2.75, 3.05) is 18.1 Å². The summed E-state index contributed by atoms with van der Waals surface area (Å²) in [6.45, 7) is 5.00. The Morgan fingerprint density at radius 1 is 1.02 bits per heavy atom. The van der Waals surface area contributed by atoms with Crippen molar-refractivity contribution in [1.29, 1.82) is 0 Å². The number of anilines is 1. The number of aldehydes is 1. The van der Waals surface area contributed by atoms with Gasteiger partial charge >= 0.3 is 6.18 Å². The fourth-order valence-corrected chi connectivity index (χ4v) is 5.11. The minimum Gasteiger partial charge on any atom is -0.353 e. The molecule has 0 spiro atoms.